The summed E-state index contributed by atoms with van der Waals surface area (Å²) in [4.78, 5) is 7.98. The smallest absolute Gasteiger partial charge is 0.276 e. The van der Waals surface area contributed by atoms with Crippen LogP contribution in [-0.2, 0) is 16.8 Å². The Bertz CT molecular complexity index is 826. The lowest BCUT2D eigenvalue weighted by atomic mass is 10.2. The van der Waals surface area contributed by atoms with Crippen LogP contribution in [0.3, 0.4) is 0 Å². The maximum atomic E-state index is 11.4. The Labute approximate surface area is 152 Å². The Morgan fingerprint density at radius 3 is 2.40 bits per heavy atom. The van der Waals surface area contributed by atoms with E-state index >= 15 is 0 Å². The average Bonchev–Trinajstić information content (AvgIpc) is 2.95. The largest absolute Gasteiger partial charge is 0.441 e. The second-order valence-electron chi connectivity index (χ2n) is 5.97. The van der Waals surface area contributed by atoms with Crippen LogP contribution >= 0.6 is 11.8 Å². The van der Waals surface area contributed by atoms with E-state index in [9.17, 15) is 8.42 Å². The van der Waals surface area contributed by atoms with Crippen molar-refractivity contribution in [2.24, 2.45) is 5.14 Å². The number of aryl methyl sites for hydroxylation is 1. The Morgan fingerprint density at radius 1 is 1.20 bits per heavy atom. The Morgan fingerprint density at radius 2 is 1.84 bits per heavy atom. The molecule has 9 heteroatoms. The number of thioether (sulfide) groups is 1. The molecule has 0 spiro atoms. The summed E-state index contributed by atoms with van der Waals surface area (Å²) in [5.74, 6) is 1.40. The fourth-order valence-electron chi connectivity index (χ4n) is 2.79. The fourth-order valence-corrected chi connectivity index (χ4v) is 3.87. The minimum Gasteiger partial charge on any atom is -0.441 e. The molecule has 2 aromatic rings. The van der Waals surface area contributed by atoms with Crippen molar-refractivity contribution in [3.05, 3.63) is 35.7 Å². The van der Waals surface area contributed by atoms with Gasteiger partial charge in [0.2, 0.25) is 5.89 Å². The third-order valence-electron chi connectivity index (χ3n) is 4.29. The van der Waals surface area contributed by atoms with E-state index in [2.05, 4.69) is 9.88 Å². The Balaban J connectivity index is 1.67. The predicted octanol–water partition coefficient (Wildman–Crippen LogP) is 1.69. The van der Waals surface area contributed by atoms with Crippen LogP contribution in [-0.4, -0.2) is 55.0 Å². The zero-order valence-corrected chi connectivity index (χ0v) is 15.9. The van der Waals surface area contributed by atoms with Crippen LogP contribution in [0.1, 0.15) is 11.5 Å². The van der Waals surface area contributed by atoms with E-state index in [0.717, 1.165) is 17.0 Å². The lowest BCUT2D eigenvalue weighted by Crippen LogP contribution is -2.50. The highest BCUT2D eigenvalue weighted by atomic mass is 32.2. The third-order valence-corrected chi connectivity index (χ3v) is 6.12. The molecule has 136 valence electrons. The molecule has 1 aliphatic rings. The van der Waals surface area contributed by atoms with Crippen LogP contribution < -0.4 is 5.14 Å². The number of benzene rings is 1. The minimum absolute atomic E-state index is 0.402. The first kappa shape index (κ1) is 18.4. The number of hydrogen-bond donors (Lipinski definition) is 1. The van der Waals surface area contributed by atoms with E-state index in [1.54, 1.807) is 11.8 Å². The first-order valence-corrected chi connectivity index (χ1v) is 10.7. The summed E-state index contributed by atoms with van der Waals surface area (Å²) in [6, 6.07) is 8.11. The van der Waals surface area contributed by atoms with Gasteiger partial charge in [-0.15, -0.1) is 11.8 Å². The van der Waals surface area contributed by atoms with Gasteiger partial charge in [0.15, 0.2) is 0 Å². The summed E-state index contributed by atoms with van der Waals surface area (Å²) >= 11 is 1.69. The molecule has 1 saturated heterocycles. The van der Waals surface area contributed by atoms with Crippen LogP contribution in [0.5, 0.6) is 0 Å². The number of hydrogen-bond acceptors (Lipinski definition) is 6. The molecule has 0 atom stereocenters. The van der Waals surface area contributed by atoms with Gasteiger partial charge in [0, 0.05) is 43.2 Å². The number of piperazine rings is 1. The van der Waals surface area contributed by atoms with E-state index in [-0.39, 0.29) is 0 Å². The molecular weight excluding hydrogens is 360 g/mol. The summed E-state index contributed by atoms with van der Waals surface area (Å²) in [6.45, 7) is 4.60. The van der Waals surface area contributed by atoms with E-state index in [1.165, 1.54) is 9.20 Å². The van der Waals surface area contributed by atoms with Gasteiger partial charge in [-0.1, -0.05) is 0 Å². The third kappa shape index (κ3) is 4.42. The van der Waals surface area contributed by atoms with Crippen molar-refractivity contribution < 1.29 is 12.8 Å². The number of oxazole rings is 1. The summed E-state index contributed by atoms with van der Waals surface area (Å²) < 4.78 is 29.9. The molecule has 0 unspecified atom stereocenters. The number of nitrogens with zero attached hydrogens (tertiary/aromatic N) is 3. The fraction of sp³-hybridized carbons (Fsp3) is 0.438. The predicted molar refractivity (Wildman–Crippen MR) is 98.4 cm³/mol. The second kappa shape index (κ2) is 7.46. The normalized spacial score (nSPS) is 17.1. The van der Waals surface area contributed by atoms with Crippen LogP contribution in [0.25, 0.3) is 11.5 Å². The summed E-state index contributed by atoms with van der Waals surface area (Å²) in [5, 5.41) is 5.17. The molecule has 0 amide bonds. The summed E-state index contributed by atoms with van der Waals surface area (Å²) in [5.41, 5.74) is 1.83. The second-order valence-corrected chi connectivity index (χ2v) is 8.40. The highest BCUT2D eigenvalue weighted by molar-refractivity contribution is 7.98. The number of rotatable bonds is 5. The van der Waals surface area contributed by atoms with E-state index in [4.69, 9.17) is 9.56 Å². The molecule has 1 fully saturated rings. The Hall–Kier alpha value is -1.39. The van der Waals surface area contributed by atoms with Crippen molar-refractivity contribution in [2.75, 3.05) is 32.4 Å². The molecule has 0 radical (unpaired) electrons. The van der Waals surface area contributed by atoms with Gasteiger partial charge < -0.3 is 4.42 Å². The molecule has 2 heterocycles. The standard InChI is InChI=1S/C16H22N4O3S2/c1-12-15(11-19-7-9-20(10-8-19)25(17,21)22)18-16(23-12)13-3-5-14(24-2)6-4-13/h3-6H,7-11H2,1-2H3,(H2,17,21,22). The SMILES string of the molecule is CSc1ccc(-c2nc(CN3CCN(S(N)(=O)=O)CC3)c(C)o2)cc1. The molecule has 0 saturated carbocycles. The summed E-state index contributed by atoms with van der Waals surface area (Å²) in [7, 11) is -3.60. The molecule has 3 rings (SSSR count). The van der Waals surface area contributed by atoms with E-state index in [0.29, 0.717) is 38.6 Å². The number of nitrogens with two attached hydrogens (primary N) is 1. The van der Waals surface area contributed by atoms with Crippen LogP contribution in [0.4, 0.5) is 0 Å². The van der Waals surface area contributed by atoms with Crippen LogP contribution in [0.2, 0.25) is 0 Å². The monoisotopic (exact) mass is 382 g/mol. The van der Waals surface area contributed by atoms with Gasteiger partial charge in [-0.05, 0) is 37.4 Å². The quantitative estimate of drug-likeness (QED) is 0.791. The topological polar surface area (TPSA) is 92.7 Å². The van der Waals surface area contributed by atoms with Gasteiger partial charge in [-0.2, -0.15) is 12.7 Å². The van der Waals surface area contributed by atoms with E-state index in [1.807, 2.05) is 37.4 Å². The highest BCUT2D eigenvalue weighted by Crippen LogP contribution is 2.25. The van der Waals surface area contributed by atoms with Crippen molar-refractivity contribution in [1.82, 2.24) is 14.2 Å². The van der Waals surface area contributed by atoms with Crippen molar-refractivity contribution in [3.63, 3.8) is 0 Å². The highest BCUT2D eigenvalue weighted by Gasteiger charge is 2.25. The number of aromatic nitrogens is 1. The Kier molecular flexibility index (Phi) is 5.49. The first-order chi connectivity index (χ1) is 11.9. The van der Waals surface area contributed by atoms with E-state index < -0.39 is 10.2 Å². The van der Waals surface area contributed by atoms with Gasteiger partial charge in [-0.25, -0.2) is 10.1 Å². The van der Waals surface area contributed by atoms with Crippen molar-refractivity contribution in [2.45, 2.75) is 18.4 Å². The van der Waals surface area contributed by atoms with Gasteiger partial charge in [0.05, 0.1) is 5.69 Å². The molecule has 7 nitrogen and oxygen atoms in total. The lowest BCUT2D eigenvalue weighted by Gasteiger charge is -2.32. The zero-order valence-electron chi connectivity index (χ0n) is 14.3. The maximum absolute atomic E-state index is 11.4. The summed E-state index contributed by atoms with van der Waals surface area (Å²) in [6.07, 6.45) is 2.04. The lowest BCUT2D eigenvalue weighted by molar-refractivity contribution is 0.179. The zero-order chi connectivity index (χ0) is 18.0. The van der Waals surface area contributed by atoms with Crippen molar-refractivity contribution in [3.8, 4) is 11.5 Å². The minimum atomic E-state index is -3.60. The van der Waals surface area contributed by atoms with Crippen molar-refractivity contribution >= 4 is 22.0 Å². The van der Waals surface area contributed by atoms with Gasteiger partial charge in [0.1, 0.15) is 5.76 Å². The molecule has 0 bridgehead atoms. The first-order valence-electron chi connectivity index (χ1n) is 7.98. The molecule has 1 aromatic heterocycles. The molecular formula is C16H22N4O3S2. The molecule has 0 aliphatic carbocycles. The van der Waals surface area contributed by atoms with Gasteiger partial charge >= 0.3 is 0 Å². The van der Waals surface area contributed by atoms with Gasteiger partial charge in [0.25, 0.3) is 10.2 Å². The van der Waals surface area contributed by atoms with Crippen LogP contribution in [0.15, 0.2) is 33.6 Å². The van der Waals surface area contributed by atoms with Crippen LogP contribution in [0, 0.1) is 6.92 Å². The molecule has 1 aliphatic heterocycles. The molecule has 25 heavy (non-hydrogen) atoms. The average molecular weight is 383 g/mol. The van der Waals surface area contributed by atoms with Crippen molar-refractivity contribution in [1.29, 1.82) is 0 Å². The van der Waals surface area contributed by atoms with Gasteiger partial charge in [-0.3, -0.25) is 4.90 Å². The molecule has 2 N–H and O–H groups in total. The molecule has 1 aromatic carbocycles. The maximum Gasteiger partial charge on any atom is 0.276 e.